The summed E-state index contributed by atoms with van der Waals surface area (Å²) < 4.78 is 5.40. The number of rotatable bonds is 8. The van der Waals surface area contributed by atoms with Crippen molar-refractivity contribution in [2.75, 3.05) is 19.7 Å². The number of nitrogens with one attached hydrogen (secondary N) is 2. The van der Waals surface area contributed by atoms with Crippen molar-refractivity contribution < 1.29 is 9.53 Å². The minimum absolute atomic E-state index is 0.0930. The van der Waals surface area contributed by atoms with E-state index < -0.39 is 0 Å². The van der Waals surface area contributed by atoms with E-state index in [2.05, 4.69) is 10.6 Å². The SMILES string of the molecule is CCOc1ccc(CNCCNC(=O)c2ccc(Cl)cc2)cc1. The topological polar surface area (TPSA) is 50.4 Å². The van der Waals surface area contributed by atoms with Crippen LogP contribution in [0.25, 0.3) is 0 Å². The number of hydrogen-bond donors (Lipinski definition) is 2. The zero-order valence-corrected chi connectivity index (χ0v) is 13.9. The maximum atomic E-state index is 11.9. The Morgan fingerprint density at radius 1 is 1.04 bits per heavy atom. The minimum Gasteiger partial charge on any atom is -0.494 e. The number of carbonyl (C=O) groups excluding carboxylic acids is 1. The first-order valence-electron chi connectivity index (χ1n) is 7.65. The molecule has 2 N–H and O–H groups in total. The molecule has 0 aliphatic rings. The van der Waals surface area contributed by atoms with Gasteiger partial charge in [-0.15, -0.1) is 0 Å². The molecule has 122 valence electrons. The van der Waals surface area contributed by atoms with Crippen LogP contribution in [0, 0.1) is 0 Å². The van der Waals surface area contributed by atoms with Gasteiger partial charge in [0.1, 0.15) is 5.75 Å². The Morgan fingerprint density at radius 2 is 1.74 bits per heavy atom. The summed E-state index contributed by atoms with van der Waals surface area (Å²) in [6.45, 7) is 4.66. The molecular formula is C18H21ClN2O2. The van der Waals surface area contributed by atoms with E-state index in [1.165, 1.54) is 5.56 Å². The third-order valence-corrected chi connectivity index (χ3v) is 3.51. The van der Waals surface area contributed by atoms with Gasteiger partial charge in [0.05, 0.1) is 6.61 Å². The van der Waals surface area contributed by atoms with Crippen molar-refractivity contribution in [1.29, 1.82) is 0 Å². The Labute approximate surface area is 141 Å². The van der Waals surface area contributed by atoms with Crippen LogP contribution in [0.15, 0.2) is 48.5 Å². The van der Waals surface area contributed by atoms with Crippen LogP contribution in [-0.4, -0.2) is 25.6 Å². The number of carbonyl (C=O) groups is 1. The predicted molar refractivity (Wildman–Crippen MR) is 93.1 cm³/mol. The smallest absolute Gasteiger partial charge is 0.251 e. The first-order chi connectivity index (χ1) is 11.2. The lowest BCUT2D eigenvalue weighted by molar-refractivity contribution is 0.0954. The monoisotopic (exact) mass is 332 g/mol. The van der Waals surface area contributed by atoms with E-state index in [1.54, 1.807) is 24.3 Å². The van der Waals surface area contributed by atoms with Gasteiger partial charge in [0.25, 0.3) is 5.91 Å². The molecule has 5 heteroatoms. The van der Waals surface area contributed by atoms with Crippen molar-refractivity contribution in [2.24, 2.45) is 0 Å². The summed E-state index contributed by atoms with van der Waals surface area (Å²) in [6, 6.07) is 14.8. The molecule has 0 spiro atoms. The molecule has 0 heterocycles. The summed E-state index contributed by atoms with van der Waals surface area (Å²) in [5.41, 5.74) is 1.79. The van der Waals surface area contributed by atoms with E-state index >= 15 is 0 Å². The molecule has 2 aromatic carbocycles. The first kappa shape index (κ1) is 17.3. The fourth-order valence-electron chi connectivity index (χ4n) is 2.07. The average Bonchev–Trinajstić information content (AvgIpc) is 2.57. The van der Waals surface area contributed by atoms with Crippen LogP contribution in [0.5, 0.6) is 5.75 Å². The highest BCUT2D eigenvalue weighted by Crippen LogP contribution is 2.11. The van der Waals surface area contributed by atoms with Crippen molar-refractivity contribution in [3.05, 3.63) is 64.7 Å². The van der Waals surface area contributed by atoms with Crippen LogP contribution >= 0.6 is 11.6 Å². The van der Waals surface area contributed by atoms with E-state index in [9.17, 15) is 4.79 Å². The number of ether oxygens (including phenoxy) is 1. The van der Waals surface area contributed by atoms with Gasteiger partial charge >= 0.3 is 0 Å². The molecule has 2 aromatic rings. The second-order valence-corrected chi connectivity index (χ2v) is 5.45. The van der Waals surface area contributed by atoms with E-state index in [1.807, 2.05) is 31.2 Å². The summed E-state index contributed by atoms with van der Waals surface area (Å²) in [7, 11) is 0. The largest absolute Gasteiger partial charge is 0.494 e. The fourth-order valence-corrected chi connectivity index (χ4v) is 2.20. The molecule has 0 saturated carbocycles. The predicted octanol–water partition coefficient (Wildman–Crippen LogP) is 3.26. The lowest BCUT2D eigenvalue weighted by Gasteiger charge is -2.08. The van der Waals surface area contributed by atoms with Crippen molar-refractivity contribution >= 4 is 17.5 Å². The number of halogens is 1. The van der Waals surface area contributed by atoms with Gasteiger partial charge in [0.15, 0.2) is 0 Å². The molecule has 0 unspecified atom stereocenters. The summed E-state index contributed by atoms with van der Waals surface area (Å²) in [6.07, 6.45) is 0. The van der Waals surface area contributed by atoms with Crippen LogP contribution in [-0.2, 0) is 6.54 Å². The zero-order chi connectivity index (χ0) is 16.5. The standard InChI is InChI=1S/C18H21ClN2O2/c1-2-23-17-9-3-14(4-10-17)13-20-11-12-21-18(22)15-5-7-16(19)8-6-15/h3-10,20H,2,11-13H2,1H3,(H,21,22). The van der Waals surface area contributed by atoms with Crippen molar-refractivity contribution in [3.8, 4) is 5.75 Å². The van der Waals surface area contributed by atoms with Crippen LogP contribution in [0.4, 0.5) is 0 Å². The van der Waals surface area contributed by atoms with Gasteiger partial charge < -0.3 is 15.4 Å². The second-order valence-electron chi connectivity index (χ2n) is 5.02. The molecule has 0 aliphatic heterocycles. The van der Waals surface area contributed by atoms with E-state index in [0.29, 0.717) is 30.3 Å². The van der Waals surface area contributed by atoms with Crippen LogP contribution in [0.1, 0.15) is 22.8 Å². The Hall–Kier alpha value is -2.04. The summed E-state index contributed by atoms with van der Waals surface area (Å²) >= 11 is 5.80. The van der Waals surface area contributed by atoms with Crippen molar-refractivity contribution in [2.45, 2.75) is 13.5 Å². The molecule has 0 radical (unpaired) electrons. The Morgan fingerprint density at radius 3 is 2.39 bits per heavy atom. The third kappa shape index (κ3) is 5.93. The van der Waals surface area contributed by atoms with E-state index in [-0.39, 0.29) is 5.91 Å². The lowest BCUT2D eigenvalue weighted by Crippen LogP contribution is -2.31. The highest BCUT2D eigenvalue weighted by Gasteiger charge is 2.03. The molecule has 0 fully saturated rings. The van der Waals surface area contributed by atoms with Gasteiger partial charge in [-0.3, -0.25) is 4.79 Å². The van der Waals surface area contributed by atoms with Crippen LogP contribution in [0.2, 0.25) is 5.02 Å². The molecule has 0 aliphatic carbocycles. The highest BCUT2D eigenvalue weighted by molar-refractivity contribution is 6.30. The molecule has 23 heavy (non-hydrogen) atoms. The van der Waals surface area contributed by atoms with Crippen LogP contribution < -0.4 is 15.4 Å². The van der Waals surface area contributed by atoms with Gasteiger partial charge in [-0.25, -0.2) is 0 Å². The van der Waals surface area contributed by atoms with Gasteiger partial charge in [-0.1, -0.05) is 23.7 Å². The van der Waals surface area contributed by atoms with Crippen LogP contribution in [0.3, 0.4) is 0 Å². The van der Waals surface area contributed by atoms with Gasteiger partial charge in [-0.05, 0) is 48.9 Å². The first-order valence-corrected chi connectivity index (χ1v) is 8.03. The quantitative estimate of drug-likeness (QED) is 0.729. The van der Waals surface area contributed by atoms with E-state index in [0.717, 1.165) is 12.3 Å². The Kier molecular flexibility index (Phi) is 6.91. The second kappa shape index (κ2) is 9.18. The molecule has 0 bridgehead atoms. The summed E-state index contributed by atoms with van der Waals surface area (Å²) in [5, 5.41) is 6.78. The van der Waals surface area contributed by atoms with Crippen molar-refractivity contribution in [3.63, 3.8) is 0 Å². The fraction of sp³-hybridized carbons (Fsp3) is 0.278. The number of benzene rings is 2. The zero-order valence-electron chi connectivity index (χ0n) is 13.1. The van der Waals surface area contributed by atoms with Crippen molar-refractivity contribution in [1.82, 2.24) is 10.6 Å². The summed E-state index contributed by atoms with van der Waals surface area (Å²) in [4.78, 5) is 11.9. The minimum atomic E-state index is -0.0930. The molecule has 4 nitrogen and oxygen atoms in total. The Balaban J connectivity index is 1.65. The third-order valence-electron chi connectivity index (χ3n) is 3.26. The molecule has 0 saturated heterocycles. The van der Waals surface area contributed by atoms with Gasteiger partial charge in [-0.2, -0.15) is 0 Å². The highest BCUT2D eigenvalue weighted by atomic mass is 35.5. The lowest BCUT2D eigenvalue weighted by atomic mass is 10.2. The molecule has 2 rings (SSSR count). The molecule has 1 amide bonds. The Bertz CT molecular complexity index is 612. The maximum Gasteiger partial charge on any atom is 0.251 e. The summed E-state index contributed by atoms with van der Waals surface area (Å²) in [5.74, 6) is 0.788. The molecular weight excluding hydrogens is 312 g/mol. The maximum absolute atomic E-state index is 11.9. The number of amides is 1. The average molecular weight is 333 g/mol. The normalized spacial score (nSPS) is 10.3. The van der Waals surface area contributed by atoms with E-state index in [4.69, 9.17) is 16.3 Å². The number of hydrogen-bond acceptors (Lipinski definition) is 3. The van der Waals surface area contributed by atoms with Gasteiger partial charge in [0.2, 0.25) is 0 Å². The van der Waals surface area contributed by atoms with Gasteiger partial charge in [0, 0.05) is 30.2 Å². The molecule has 0 atom stereocenters. The molecule has 0 aromatic heterocycles.